The van der Waals surface area contributed by atoms with Crippen molar-refractivity contribution in [1.82, 2.24) is 4.98 Å². The second-order valence-electron chi connectivity index (χ2n) is 7.50. The highest BCUT2D eigenvalue weighted by Gasteiger charge is 2.15. The highest BCUT2D eigenvalue weighted by atomic mass is 16.6. The monoisotopic (exact) mass is 416 g/mol. The number of fused-ring (bicyclic) bond motifs is 2. The number of aromatic nitrogens is 1. The van der Waals surface area contributed by atoms with Crippen LogP contribution in [-0.4, -0.2) is 22.3 Å². The molecule has 0 fully saturated rings. The highest BCUT2D eigenvalue weighted by Crippen LogP contribution is 2.35. The number of pyridine rings is 1. The van der Waals surface area contributed by atoms with Crippen LogP contribution in [0.15, 0.2) is 66.7 Å². The van der Waals surface area contributed by atoms with E-state index in [4.69, 9.17) is 10.5 Å². The lowest BCUT2D eigenvalue weighted by molar-refractivity contribution is 0.130. The van der Waals surface area contributed by atoms with Gasteiger partial charge in [-0.05, 0) is 38.1 Å². The van der Waals surface area contributed by atoms with Crippen LogP contribution in [0.3, 0.4) is 0 Å². The zero-order chi connectivity index (χ0) is 22.0. The number of hydrogen-bond donors (Lipinski definition) is 4. The molecule has 5 N–H and O–H groups in total. The molecule has 31 heavy (non-hydrogen) atoms. The topological polar surface area (TPSA) is 110 Å². The van der Waals surface area contributed by atoms with Crippen LogP contribution < -0.4 is 16.4 Å². The van der Waals surface area contributed by atoms with Crippen LogP contribution in [0.4, 0.5) is 21.9 Å². The molecule has 1 atom stereocenters. The van der Waals surface area contributed by atoms with Crippen molar-refractivity contribution in [2.75, 3.05) is 16.4 Å². The van der Waals surface area contributed by atoms with Gasteiger partial charge in [-0.1, -0.05) is 42.5 Å². The van der Waals surface area contributed by atoms with Gasteiger partial charge in [-0.15, -0.1) is 0 Å². The summed E-state index contributed by atoms with van der Waals surface area (Å²) in [6.45, 7) is 3.56. The lowest BCUT2D eigenvalue weighted by Gasteiger charge is -2.19. The molecular formula is C24H24N4O3. The van der Waals surface area contributed by atoms with Crippen molar-refractivity contribution in [3.8, 4) is 0 Å². The van der Waals surface area contributed by atoms with Gasteiger partial charge in [0, 0.05) is 22.0 Å². The third kappa shape index (κ3) is 4.36. The first-order valence-corrected chi connectivity index (χ1v) is 10.0. The molecule has 4 aromatic rings. The van der Waals surface area contributed by atoms with Gasteiger partial charge in [0.25, 0.3) is 0 Å². The molecule has 0 spiro atoms. The zero-order valence-electron chi connectivity index (χ0n) is 17.3. The van der Waals surface area contributed by atoms with Crippen molar-refractivity contribution >= 4 is 45.0 Å². The van der Waals surface area contributed by atoms with Gasteiger partial charge in [-0.25, -0.2) is 9.78 Å². The molecule has 0 aliphatic heterocycles. The van der Waals surface area contributed by atoms with Crippen LogP contribution in [0.25, 0.3) is 21.8 Å². The SMILES string of the molecule is CC(C)OC(=O)Nc1cccc(C(O)Nc2c3ccccc3nc3c(N)cccc23)c1. The molecule has 0 radical (unpaired) electrons. The Labute approximate surface area is 179 Å². The quantitative estimate of drug-likeness (QED) is 0.206. The van der Waals surface area contributed by atoms with Gasteiger partial charge < -0.3 is 20.9 Å². The van der Waals surface area contributed by atoms with E-state index in [1.165, 1.54) is 0 Å². The molecule has 0 aliphatic carbocycles. The number of nitrogen functional groups attached to an aromatic ring is 1. The van der Waals surface area contributed by atoms with Crippen LogP contribution in [-0.2, 0) is 4.74 Å². The number of nitrogens with zero attached hydrogens (tertiary/aromatic N) is 1. The summed E-state index contributed by atoms with van der Waals surface area (Å²) in [4.78, 5) is 16.6. The summed E-state index contributed by atoms with van der Waals surface area (Å²) in [7, 11) is 0. The molecule has 0 aliphatic rings. The van der Waals surface area contributed by atoms with Gasteiger partial charge in [-0.3, -0.25) is 5.32 Å². The number of amides is 1. The van der Waals surface area contributed by atoms with E-state index in [2.05, 4.69) is 15.6 Å². The van der Waals surface area contributed by atoms with Crippen molar-refractivity contribution in [2.45, 2.75) is 26.2 Å². The second-order valence-corrected chi connectivity index (χ2v) is 7.50. The number of carbonyl (C=O) groups excluding carboxylic acids is 1. The predicted octanol–water partition coefficient (Wildman–Crippen LogP) is 5.03. The Morgan fingerprint density at radius 1 is 1.03 bits per heavy atom. The van der Waals surface area contributed by atoms with E-state index in [-0.39, 0.29) is 6.10 Å². The number of rotatable bonds is 5. The minimum atomic E-state index is -1.03. The molecule has 0 saturated heterocycles. The zero-order valence-corrected chi connectivity index (χ0v) is 17.3. The third-order valence-electron chi connectivity index (χ3n) is 4.81. The molecule has 1 unspecified atom stereocenters. The average Bonchev–Trinajstić information content (AvgIpc) is 2.74. The van der Waals surface area contributed by atoms with E-state index >= 15 is 0 Å². The largest absolute Gasteiger partial charge is 0.447 e. The molecule has 1 aromatic heterocycles. The standard InChI is InChI=1S/C24H24N4O3/c1-14(2)31-24(30)26-16-8-5-7-15(13-16)23(29)28-21-17-9-3-4-12-20(17)27-22-18(21)10-6-11-19(22)25/h3-14,23,29H,25H2,1-2H3,(H,26,30)(H,27,28). The first-order chi connectivity index (χ1) is 14.9. The number of nitrogens with two attached hydrogens (primary N) is 1. The molecule has 1 heterocycles. The van der Waals surface area contributed by atoms with Crippen LogP contribution in [0.1, 0.15) is 25.6 Å². The van der Waals surface area contributed by atoms with Crippen LogP contribution in [0.2, 0.25) is 0 Å². The third-order valence-corrected chi connectivity index (χ3v) is 4.81. The maximum Gasteiger partial charge on any atom is 0.411 e. The van der Waals surface area contributed by atoms with Crippen molar-refractivity contribution in [3.63, 3.8) is 0 Å². The predicted molar refractivity (Wildman–Crippen MR) is 124 cm³/mol. The number of nitrogens with one attached hydrogen (secondary N) is 2. The smallest absolute Gasteiger partial charge is 0.411 e. The summed E-state index contributed by atoms with van der Waals surface area (Å²) in [6, 6.07) is 20.2. The fraction of sp³-hybridized carbons (Fsp3) is 0.167. The van der Waals surface area contributed by atoms with Crippen molar-refractivity contribution in [2.24, 2.45) is 0 Å². The summed E-state index contributed by atoms with van der Waals surface area (Å²) in [5.41, 5.74) is 10.0. The van der Waals surface area contributed by atoms with Crippen LogP contribution in [0.5, 0.6) is 0 Å². The van der Waals surface area contributed by atoms with E-state index in [0.29, 0.717) is 22.5 Å². The van der Waals surface area contributed by atoms with Crippen molar-refractivity contribution in [3.05, 3.63) is 72.3 Å². The summed E-state index contributed by atoms with van der Waals surface area (Å²) in [5.74, 6) is 0. The number of aliphatic hydroxyl groups is 1. The lowest BCUT2D eigenvalue weighted by Crippen LogP contribution is -2.18. The molecule has 158 valence electrons. The summed E-state index contributed by atoms with van der Waals surface area (Å²) >= 11 is 0. The number of ether oxygens (including phenoxy) is 1. The van der Waals surface area contributed by atoms with Gasteiger partial charge in [0.2, 0.25) is 0 Å². The van der Waals surface area contributed by atoms with E-state index in [9.17, 15) is 9.90 Å². The molecule has 7 heteroatoms. The fourth-order valence-corrected chi connectivity index (χ4v) is 3.46. The maximum absolute atomic E-state index is 11.9. The molecule has 0 bridgehead atoms. The van der Waals surface area contributed by atoms with E-state index in [0.717, 1.165) is 22.0 Å². The Kier molecular flexibility index (Phi) is 5.60. The van der Waals surface area contributed by atoms with Crippen molar-refractivity contribution in [1.29, 1.82) is 0 Å². The van der Waals surface area contributed by atoms with Gasteiger partial charge >= 0.3 is 6.09 Å². The van der Waals surface area contributed by atoms with Gasteiger partial charge in [0.1, 0.15) is 0 Å². The lowest BCUT2D eigenvalue weighted by atomic mass is 10.1. The number of benzene rings is 3. The van der Waals surface area contributed by atoms with Crippen molar-refractivity contribution < 1.29 is 14.6 Å². The van der Waals surface area contributed by atoms with Crippen LogP contribution >= 0.6 is 0 Å². The fourth-order valence-electron chi connectivity index (χ4n) is 3.46. The molecule has 0 saturated carbocycles. The minimum Gasteiger partial charge on any atom is -0.447 e. The molecule has 4 rings (SSSR count). The molecular weight excluding hydrogens is 392 g/mol. The van der Waals surface area contributed by atoms with Gasteiger partial charge in [0.15, 0.2) is 6.23 Å². The normalized spacial score (nSPS) is 12.1. The Morgan fingerprint density at radius 2 is 1.77 bits per heavy atom. The number of anilines is 3. The Morgan fingerprint density at radius 3 is 2.58 bits per heavy atom. The van der Waals surface area contributed by atoms with Gasteiger partial charge in [0.05, 0.1) is 28.5 Å². The number of aliphatic hydroxyl groups excluding tert-OH is 1. The summed E-state index contributed by atoms with van der Waals surface area (Å²) in [5, 5.41) is 18.5. The highest BCUT2D eigenvalue weighted by molar-refractivity contribution is 6.10. The second kappa shape index (κ2) is 8.49. The maximum atomic E-state index is 11.9. The number of hydrogen-bond acceptors (Lipinski definition) is 6. The Bertz CT molecular complexity index is 1260. The Hall–Kier alpha value is -3.84. The summed E-state index contributed by atoms with van der Waals surface area (Å²) in [6.07, 6.45) is -1.80. The first-order valence-electron chi connectivity index (χ1n) is 10.0. The molecule has 3 aromatic carbocycles. The van der Waals surface area contributed by atoms with E-state index < -0.39 is 12.3 Å². The Balaban J connectivity index is 1.69. The van der Waals surface area contributed by atoms with Crippen LogP contribution in [0, 0.1) is 0 Å². The number of carbonyl (C=O) groups is 1. The number of para-hydroxylation sites is 2. The first kappa shape index (κ1) is 20.4. The van der Waals surface area contributed by atoms with Gasteiger partial charge in [-0.2, -0.15) is 0 Å². The molecule has 1 amide bonds. The molecule has 7 nitrogen and oxygen atoms in total. The van der Waals surface area contributed by atoms with E-state index in [1.807, 2.05) is 36.4 Å². The van der Waals surface area contributed by atoms with E-state index in [1.54, 1.807) is 44.2 Å². The minimum absolute atomic E-state index is 0.226. The summed E-state index contributed by atoms with van der Waals surface area (Å²) < 4.78 is 5.11. The average molecular weight is 416 g/mol.